The summed E-state index contributed by atoms with van der Waals surface area (Å²) in [5.74, 6) is -1.03. The van der Waals surface area contributed by atoms with E-state index in [0.29, 0.717) is 0 Å². The van der Waals surface area contributed by atoms with Crippen molar-refractivity contribution in [3.63, 3.8) is 0 Å². The molecule has 9 heteroatoms. The number of benzene rings is 1. The molecular formula is C12H14F3NO5. The van der Waals surface area contributed by atoms with Crippen molar-refractivity contribution in [2.24, 2.45) is 0 Å². The molecule has 1 rings (SSSR count). The van der Waals surface area contributed by atoms with Crippen LogP contribution >= 0.6 is 0 Å². The summed E-state index contributed by atoms with van der Waals surface area (Å²) in [6.07, 6.45) is -4.41. The zero-order valence-electron chi connectivity index (χ0n) is 11.1. The van der Waals surface area contributed by atoms with E-state index < -0.39 is 18.8 Å². The Morgan fingerprint density at radius 1 is 1.29 bits per heavy atom. The van der Waals surface area contributed by atoms with E-state index in [-0.39, 0.29) is 36.0 Å². The Morgan fingerprint density at radius 3 is 2.48 bits per heavy atom. The first-order valence-electron chi connectivity index (χ1n) is 5.72. The van der Waals surface area contributed by atoms with Crippen molar-refractivity contribution in [2.75, 3.05) is 32.7 Å². The Balaban J connectivity index is 2.65. The first-order chi connectivity index (χ1) is 9.74. The summed E-state index contributed by atoms with van der Waals surface area (Å²) in [5.41, 5.74) is 5.32. The molecule has 118 valence electrons. The van der Waals surface area contributed by atoms with Crippen LogP contribution in [0.1, 0.15) is 10.4 Å². The average Bonchev–Trinajstić information content (AvgIpc) is 2.37. The summed E-state index contributed by atoms with van der Waals surface area (Å²) in [7, 11) is 1.32. The molecule has 0 saturated carbocycles. The first-order valence-corrected chi connectivity index (χ1v) is 5.72. The topological polar surface area (TPSA) is 91.0 Å². The molecule has 1 aromatic rings. The number of hydrogen-bond acceptors (Lipinski definition) is 5. The molecule has 0 saturated heterocycles. The van der Waals surface area contributed by atoms with E-state index in [4.69, 9.17) is 20.3 Å². The normalized spacial score (nSPS) is 11.2. The van der Waals surface area contributed by atoms with Gasteiger partial charge >= 0.3 is 12.1 Å². The van der Waals surface area contributed by atoms with E-state index in [0.717, 1.165) is 6.07 Å². The molecule has 0 amide bonds. The van der Waals surface area contributed by atoms with Gasteiger partial charge in [-0.3, -0.25) is 0 Å². The molecule has 0 aromatic heterocycles. The molecule has 3 N–H and O–H groups in total. The molecule has 0 aliphatic heterocycles. The van der Waals surface area contributed by atoms with Crippen LogP contribution in [0.3, 0.4) is 0 Å². The summed E-state index contributed by atoms with van der Waals surface area (Å²) in [4.78, 5) is 10.9. The van der Waals surface area contributed by atoms with E-state index in [1.807, 2.05) is 0 Å². The summed E-state index contributed by atoms with van der Waals surface area (Å²) in [6.45, 7) is -1.89. The number of anilines is 1. The van der Waals surface area contributed by atoms with Gasteiger partial charge in [0.2, 0.25) is 0 Å². The Labute approximate surface area is 118 Å². The van der Waals surface area contributed by atoms with Crippen molar-refractivity contribution >= 4 is 11.7 Å². The van der Waals surface area contributed by atoms with Gasteiger partial charge in [-0.15, -0.1) is 0 Å². The van der Waals surface area contributed by atoms with Crippen molar-refractivity contribution in [1.82, 2.24) is 0 Å². The molecule has 0 unspecified atom stereocenters. The van der Waals surface area contributed by atoms with Gasteiger partial charge < -0.3 is 25.1 Å². The standard InChI is InChI=1S/C12H14F3NO5/c1-19-9-5-8(16)7(11(17)18)4-10(9)21-3-2-20-6-12(13,14)15/h4-5H,2-3,6,16H2,1H3,(H,17,18). The maximum absolute atomic E-state index is 11.8. The fraction of sp³-hybridized carbons (Fsp3) is 0.417. The molecular weight excluding hydrogens is 295 g/mol. The Kier molecular flexibility index (Phi) is 5.65. The number of rotatable bonds is 7. The largest absolute Gasteiger partial charge is 0.493 e. The summed E-state index contributed by atoms with van der Waals surface area (Å²) in [6, 6.07) is 2.40. The number of alkyl halides is 3. The molecule has 0 aliphatic carbocycles. The monoisotopic (exact) mass is 309 g/mol. The molecule has 0 fully saturated rings. The number of hydrogen-bond donors (Lipinski definition) is 2. The predicted molar refractivity (Wildman–Crippen MR) is 66.7 cm³/mol. The summed E-state index contributed by atoms with van der Waals surface area (Å²) < 4.78 is 50.0. The van der Waals surface area contributed by atoms with Crippen molar-refractivity contribution < 1.29 is 37.3 Å². The van der Waals surface area contributed by atoms with Crippen LogP contribution in [-0.4, -0.2) is 44.2 Å². The maximum Gasteiger partial charge on any atom is 0.411 e. The molecule has 6 nitrogen and oxygen atoms in total. The van der Waals surface area contributed by atoms with Gasteiger partial charge in [0.15, 0.2) is 11.5 Å². The quantitative estimate of drug-likeness (QED) is 0.591. The molecule has 1 aromatic carbocycles. The van der Waals surface area contributed by atoms with Crippen LogP contribution in [0.5, 0.6) is 11.5 Å². The van der Waals surface area contributed by atoms with Gasteiger partial charge in [0.05, 0.1) is 25.0 Å². The van der Waals surface area contributed by atoms with Crippen LogP contribution in [0.4, 0.5) is 18.9 Å². The minimum atomic E-state index is -4.41. The van der Waals surface area contributed by atoms with Gasteiger partial charge in [0, 0.05) is 12.1 Å². The molecule has 0 atom stereocenters. The first kappa shape index (κ1) is 16.9. The molecule has 0 radical (unpaired) electrons. The molecule has 0 heterocycles. The highest BCUT2D eigenvalue weighted by molar-refractivity contribution is 5.94. The molecule has 0 spiro atoms. The number of halogens is 3. The SMILES string of the molecule is COc1cc(N)c(C(=O)O)cc1OCCOCC(F)(F)F. The average molecular weight is 309 g/mol. The van der Waals surface area contributed by atoms with Crippen molar-refractivity contribution in [1.29, 1.82) is 0 Å². The zero-order chi connectivity index (χ0) is 16.0. The number of methoxy groups -OCH3 is 1. The Hall–Kier alpha value is -2.16. The summed E-state index contributed by atoms with van der Waals surface area (Å²) >= 11 is 0. The van der Waals surface area contributed by atoms with Crippen molar-refractivity contribution in [3.8, 4) is 11.5 Å². The highest BCUT2D eigenvalue weighted by Gasteiger charge is 2.27. The van der Waals surface area contributed by atoms with E-state index in [2.05, 4.69) is 4.74 Å². The minimum Gasteiger partial charge on any atom is -0.493 e. The lowest BCUT2D eigenvalue weighted by molar-refractivity contribution is -0.175. The number of aromatic carboxylic acids is 1. The van der Waals surface area contributed by atoms with Crippen LogP contribution < -0.4 is 15.2 Å². The fourth-order valence-corrected chi connectivity index (χ4v) is 1.43. The fourth-order valence-electron chi connectivity index (χ4n) is 1.43. The van der Waals surface area contributed by atoms with E-state index in [1.54, 1.807) is 0 Å². The number of nitrogens with two attached hydrogens (primary N) is 1. The highest BCUT2D eigenvalue weighted by atomic mass is 19.4. The lowest BCUT2D eigenvalue weighted by Gasteiger charge is -2.13. The third-order valence-electron chi connectivity index (χ3n) is 2.32. The Morgan fingerprint density at radius 2 is 1.95 bits per heavy atom. The van der Waals surface area contributed by atoms with Gasteiger partial charge in [-0.2, -0.15) is 13.2 Å². The van der Waals surface area contributed by atoms with Crippen LogP contribution in [0.25, 0.3) is 0 Å². The zero-order valence-corrected chi connectivity index (χ0v) is 11.1. The van der Waals surface area contributed by atoms with Crippen LogP contribution in [-0.2, 0) is 4.74 Å². The van der Waals surface area contributed by atoms with E-state index in [9.17, 15) is 18.0 Å². The van der Waals surface area contributed by atoms with Gasteiger partial charge in [0.25, 0.3) is 0 Å². The van der Waals surface area contributed by atoms with Gasteiger partial charge in [-0.1, -0.05) is 0 Å². The molecule has 0 bridgehead atoms. The minimum absolute atomic E-state index is 0.0139. The van der Waals surface area contributed by atoms with Gasteiger partial charge in [-0.05, 0) is 0 Å². The van der Waals surface area contributed by atoms with Crippen LogP contribution in [0.15, 0.2) is 12.1 Å². The third kappa shape index (κ3) is 5.38. The lowest BCUT2D eigenvalue weighted by atomic mass is 10.1. The second kappa shape index (κ2) is 7.02. The maximum atomic E-state index is 11.8. The highest BCUT2D eigenvalue weighted by Crippen LogP contribution is 2.32. The lowest BCUT2D eigenvalue weighted by Crippen LogP contribution is -2.19. The van der Waals surface area contributed by atoms with Crippen LogP contribution in [0.2, 0.25) is 0 Å². The molecule has 0 aliphatic rings. The number of carboxylic acids is 1. The number of carbonyl (C=O) groups is 1. The second-order valence-electron chi connectivity index (χ2n) is 3.91. The van der Waals surface area contributed by atoms with Crippen molar-refractivity contribution in [3.05, 3.63) is 17.7 Å². The van der Waals surface area contributed by atoms with Crippen LogP contribution in [0, 0.1) is 0 Å². The number of ether oxygens (including phenoxy) is 3. The van der Waals surface area contributed by atoms with E-state index in [1.165, 1.54) is 13.2 Å². The van der Waals surface area contributed by atoms with Gasteiger partial charge in [-0.25, -0.2) is 4.79 Å². The number of nitrogen functional groups attached to an aromatic ring is 1. The number of carboxylic acid groups (broad SMARTS) is 1. The smallest absolute Gasteiger partial charge is 0.411 e. The van der Waals surface area contributed by atoms with E-state index >= 15 is 0 Å². The summed E-state index contributed by atoms with van der Waals surface area (Å²) in [5, 5.41) is 8.93. The third-order valence-corrected chi connectivity index (χ3v) is 2.32. The predicted octanol–water partition coefficient (Wildman–Crippen LogP) is 1.93. The second-order valence-corrected chi connectivity index (χ2v) is 3.91. The van der Waals surface area contributed by atoms with Crippen molar-refractivity contribution in [2.45, 2.75) is 6.18 Å². The van der Waals surface area contributed by atoms with Gasteiger partial charge in [0.1, 0.15) is 13.2 Å². The molecule has 21 heavy (non-hydrogen) atoms. The Bertz CT molecular complexity index is 504.